The molecule has 2 aliphatic rings. The molecule has 6 rings (SSSR count). The molecule has 4 aromatic rings. The minimum absolute atomic E-state index is 0.304. The Morgan fingerprint density at radius 2 is 1.88 bits per heavy atom. The molecule has 0 saturated heterocycles. The van der Waals surface area contributed by atoms with Crippen LogP contribution in [0.2, 0.25) is 0 Å². The van der Waals surface area contributed by atoms with Crippen LogP contribution in [0.3, 0.4) is 0 Å². The number of aromatic amines is 2. The van der Waals surface area contributed by atoms with Gasteiger partial charge in [0.15, 0.2) is 5.82 Å². The van der Waals surface area contributed by atoms with Crippen LogP contribution in [-0.2, 0) is 0 Å². The first-order valence-corrected chi connectivity index (χ1v) is 9.25. The minimum Gasteiger partial charge on any atom is -0.382 e. The molecule has 6 nitrogen and oxygen atoms in total. The third kappa shape index (κ3) is 1.81. The fourth-order valence-electron chi connectivity index (χ4n) is 5.16. The monoisotopic (exact) mass is 344 g/mol. The first-order chi connectivity index (χ1) is 12.8. The molecule has 0 unspecified atom stereocenters. The molecule has 6 heteroatoms. The number of rotatable bonds is 1. The number of anilines is 2. The number of aromatic nitrogens is 4. The lowest BCUT2D eigenvalue weighted by molar-refractivity contribution is 0.408. The number of benzene rings is 2. The molecule has 1 aliphatic heterocycles. The number of H-pyrrole nitrogens is 2. The van der Waals surface area contributed by atoms with Crippen molar-refractivity contribution in [1.29, 1.82) is 0 Å². The van der Waals surface area contributed by atoms with Crippen molar-refractivity contribution in [3.8, 4) is 0 Å². The summed E-state index contributed by atoms with van der Waals surface area (Å²) in [6.07, 6.45) is 5.74. The Bertz CT molecular complexity index is 1140. The highest BCUT2D eigenvalue weighted by molar-refractivity contribution is 5.90. The summed E-state index contributed by atoms with van der Waals surface area (Å²) < 4.78 is 0. The molecule has 0 spiro atoms. The van der Waals surface area contributed by atoms with E-state index in [9.17, 15) is 0 Å². The van der Waals surface area contributed by atoms with E-state index in [0.29, 0.717) is 23.7 Å². The number of hydrogen-bond donors (Lipinski definition) is 4. The number of nitrogen functional groups attached to an aromatic ring is 1. The van der Waals surface area contributed by atoms with Crippen molar-refractivity contribution in [2.24, 2.45) is 5.92 Å². The zero-order chi connectivity index (χ0) is 17.3. The van der Waals surface area contributed by atoms with E-state index in [0.717, 1.165) is 16.4 Å². The maximum absolute atomic E-state index is 6.04. The Morgan fingerprint density at radius 1 is 1.00 bits per heavy atom. The lowest BCUT2D eigenvalue weighted by Gasteiger charge is -2.38. The number of nitrogens with one attached hydrogen (secondary N) is 3. The summed E-state index contributed by atoms with van der Waals surface area (Å²) in [7, 11) is 0. The van der Waals surface area contributed by atoms with Crippen molar-refractivity contribution in [1.82, 2.24) is 20.4 Å². The zero-order valence-corrected chi connectivity index (χ0v) is 14.3. The van der Waals surface area contributed by atoms with E-state index in [4.69, 9.17) is 5.73 Å². The van der Waals surface area contributed by atoms with E-state index < -0.39 is 0 Å². The maximum Gasteiger partial charge on any atom is 0.153 e. The number of hydrogen-bond acceptors (Lipinski definition) is 4. The van der Waals surface area contributed by atoms with E-state index >= 15 is 0 Å². The Labute approximate surface area is 150 Å². The second kappa shape index (κ2) is 5.00. The molecule has 2 aromatic carbocycles. The number of fused-ring (bicyclic) bond motifs is 6. The van der Waals surface area contributed by atoms with Gasteiger partial charge in [0.05, 0.1) is 23.3 Å². The van der Waals surface area contributed by atoms with Crippen molar-refractivity contribution < 1.29 is 0 Å². The molecular formula is C20H20N6. The number of nitrogens with zero attached hydrogens (tertiary/aromatic N) is 2. The van der Waals surface area contributed by atoms with Crippen molar-refractivity contribution in [3.63, 3.8) is 0 Å². The zero-order valence-electron chi connectivity index (χ0n) is 14.3. The summed E-state index contributed by atoms with van der Waals surface area (Å²) in [6.45, 7) is 0. The van der Waals surface area contributed by atoms with Crippen LogP contribution in [-0.4, -0.2) is 20.4 Å². The molecule has 2 aromatic heterocycles. The van der Waals surface area contributed by atoms with Gasteiger partial charge in [0.2, 0.25) is 0 Å². The quantitative estimate of drug-likeness (QED) is 0.418. The highest BCUT2D eigenvalue weighted by Gasteiger charge is 2.41. The van der Waals surface area contributed by atoms with Gasteiger partial charge in [0, 0.05) is 16.5 Å². The van der Waals surface area contributed by atoms with Crippen LogP contribution < -0.4 is 11.1 Å². The molecule has 3 atom stereocenters. The smallest absolute Gasteiger partial charge is 0.153 e. The Balaban J connectivity index is 1.52. The third-order valence-corrected chi connectivity index (χ3v) is 6.32. The topological polar surface area (TPSA) is 95.4 Å². The van der Waals surface area contributed by atoms with E-state index in [-0.39, 0.29) is 0 Å². The normalized spacial score (nSPS) is 24.5. The van der Waals surface area contributed by atoms with Crippen molar-refractivity contribution in [2.75, 3.05) is 11.1 Å². The van der Waals surface area contributed by atoms with Crippen LogP contribution in [0.25, 0.3) is 21.8 Å². The Hall–Kier alpha value is -3.02. The molecule has 0 radical (unpaired) electrons. The van der Waals surface area contributed by atoms with Crippen LogP contribution in [0.15, 0.2) is 36.5 Å². The molecule has 0 amide bonds. The number of nitrogens with two attached hydrogens (primary N) is 1. The summed E-state index contributed by atoms with van der Waals surface area (Å²) in [5, 5.41) is 20.6. The fourth-order valence-corrected chi connectivity index (χ4v) is 5.16. The molecule has 5 N–H and O–H groups in total. The second-order valence-electron chi connectivity index (χ2n) is 7.60. The Morgan fingerprint density at radius 3 is 2.85 bits per heavy atom. The molecule has 0 bridgehead atoms. The van der Waals surface area contributed by atoms with Gasteiger partial charge in [-0.1, -0.05) is 12.5 Å². The van der Waals surface area contributed by atoms with Crippen LogP contribution in [0.1, 0.15) is 42.3 Å². The molecule has 1 aliphatic carbocycles. The average molecular weight is 344 g/mol. The fraction of sp³-hybridized carbons (Fsp3) is 0.300. The van der Waals surface area contributed by atoms with E-state index in [1.54, 1.807) is 0 Å². The second-order valence-corrected chi connectivity index (χ2v) is 7.60. The average Bonchev–Trinajstić information content (AvgIpc) is 3.40. The van der Waals surface area contributed by atoms with E-state index in [2.05, 4.69) is 56.0 Å². The molecule has 26 heavy (non-hydrogen) atoms. The third-order valence-electron chi connectivity index (χ3n) is 6.32. The SMILES string of the molecule is Nc1n[nH]c2ccc([C@@H]3Nc4ccc5[nH]ncc5c4[C@H]4CCC[C@H]43)cc12. The largest absolute Gasteiger partial charge is 0.382 e. The summed E-state index contributed by atoms with van der Waals surface area (Å²) >= 11 is 0. The maximum atomic E-state index is 6.04. The van der Waals surface area contributed by atoms with Gasteiger partial charge in [0.25, 0.3) is 0 Å². The van der Waals surface area contributed by atoms with Crippen LogP contribution in [0.5, 0.6) is 0 Å². The molecular weight excluding hydrogens is 324 g/mol. The van der Waals surface area contributed by atoms with Gasteiger partial charge in [-0.2, -0.15) is 10.2 Å². The molecule has 1 fully saturated rings. The molecule has 1 saturated carbocycles. The lowest BCUT2D eigenvalue weighted by atomic mass is 9.76. The van der Waals surface area contributed by atoms with Gasteiger partial charge in [-0.15, -0.1) is 0 Å². The molecule has 3 heterocycles. The predicted molar refractivity (Wildman–Crippen MR) is 103 cm³/mol. The van der Waals surface area contributed by atoms with E-state index in [1.807, 2.05) is 6.20 Å². The lowest BCUT2D eigenvalue weighted by Crippen LogP contribution is -2.28. The summed E-state index contributed by atoms with van der Waals surface area (Å²) in [6, 6.07) is 11.1. The van der Waals surface area contributed by atoms with Gasteiger partial charge in [-0.3, -0.25) is 10.2 Å². The van der Waals surface area contributed by atoms with Gasteiger partial charge in [0.1, 0.15) is 0 Å². The predicted octanol–water partition coefficient (Wildman–Crippen LogP) is 4.07. The summed E-state index contributed by atoms with van der Waals surface area (Å²) in [5.41, 5.74) is 12.1. The highest BCUT2D eigenvalue weighted by atomic mass is 15.1. The standard InChI is InChI=1S/C20H20N6/c21-20-13-8-10(4-5-15(13)25-26-20)19-12-3-1-2-11(12)18-14-9-22-24-16(14)6-7-17(18)23-19/h4-9,11-12,19,23H,1-3H2,(H,22,24)(H3,21,25,26)/t11-,12+,19-/m0/s1. The van der Waals surface area contributed by atoms with Crippen molar-refractivity contribution >= 4 is 33.3 Å². The summed E-state index contributed by atoms with van der Waals surface area (Å²) in [4.78, 5) is 0. The first-order valence-electron chi connectivity index (χ1n) is 9.25. The van der Waals surface area contributed by atoms with Gasteiger partial charge in [-0.25, -0.2) is 0 Å². The van der Waals surface area contributed by atoms with Crippen molar-refractivity contribution in [3.05, 3.63) is 47.7 Å². The van der Waals surface area contributed by atoms with Crippen LogP contribution >= 0.6 is 0 Å². The van der Waals surface area contributed by atoms with Crippen LogP contribution in [0.4, 0.5) is 11.5 Å². The molecule has 130 valence electrons. The van der Waals surface area contributed by atoms with Crippen LogP contribution in [0, 0.1) is 5.92 Å². The van der Waals surface area contributed by atoms with E-state index in [1.165, 1.54) is 41.5 Å². The van der Waals surface area contributed by atoms with Gasteiger partial charge in [-0.05, 0) is 60.1 Å². The minimum atomic E-state index is 0.304. The van der Waals surface area contributed by atoms with Gasteiger partial charge >= 0.3 is 0 Å². The Kier molecular flexibility index (Phi) is 2.73. The van der Waals surface area contributed by atoms with Gasteiger partial charge < -0.3 is 11.1 Å². The summed E-state index contributed by atoms with van der Waals surface area (Å²) in [5.74, 6) is 1.74. The van der Waals surface area contributed by atoms with Crippen molar-refractivity contribution in [2.45, 2.75) is 31.2 Å². The first kappa shape index (κ1) is 14.2. The highest BCUT2D eigenvalue weighted by Crippen LogP contribution is 2.54.